The van der Waals surface area contributed by atoms with Gasteiger partial charge in [0.15, 0.2) is 5.13 Å². The van der Waals surface area contributed by atoms with Crippen LogP contribution in [0.15, 0.2) is 18.2 Å². The molecule has 0 aromatic carbocycles. The first-order valence-corrected chi connectivity index (χ1v) is 9.17. The first kappa shape index (κ1) is 18.6. The van der Waals surface area contributed by atoms with Crippen molar-refractivity contribution in [1.82, 2.24) is 15.3 Å². The number of amides is 1. The summed E-state index contributed by atoms with van der Waals surface area (Å²) in [4.78, 5) is 23.8. The molecule has 0 spiro atoms. The monoisotopic (exact) mass is 378 g/mol. The Bertz CT molecular complexity index is 761. The fourth-order valence-electron chi connectivity index (χ4n) is 2.59. The van der Waals surface area contributed by atoms with E-state index in [4.69, 9.17) is 9.47 Å². The number of carbonyl (C=O) groups is 1. The number of morpholine rings is 1. The molecule has 0 radical (unpaired) electrons. The maximum atomic E-state index is 12.5. The topological polar surface area (TPSA) is 96.8 Å². The van der Waals surface area contributed by atoms with Gasteiger partial charge in [0.2, 0.25) is 5.88 Å². The lowest BCUT2D eigenvalue weighted by molar-refractivity contribution is 0.0917. The van der Waals surface area contributed by atoms with Crippen LogP contribution in [0.4, 0.5) is 5.13 Å². The van der Waals surface area contributed by atoms with E-state index in [1.807, 2.05) is 6.92 Å². The van der Waals surface area contributed by atoms with Crippen LogP contribution in [0, 0.1) is 6.92 Å². The van der Waals surface area contributed by atoms with Crippen LogP contribution in [0.5, 0.6) is 5.88 Å². The maximum Gasteiger partial charge on any atom is 0.263 e. The molecule has 8 nitrogen and oxygen atoms in total. The van der Waals surface area contributed by atoms with Crippen molar-refractivity contribution in [2.75, 3.05) is 44.9 Å². The van der Waals surface area contributed by atoms with Gasteiger partial charge in [-0.15, -0.1) is 0 Å². The zero-order valence-corrected chi connectivity index (χ0v) is 15.6. The third-order valence-electron chi connectivity index (χ3n) is 4.02. The highest BCUT2D eigenvalue weighted by molar-refractivity contribution is 7.17. The Kier molecular flexibility index (Phi) is 6.02. The van der Waals surface area contributed by atoms with E-state index in [1.54, 1.807) is 18.2 Å². The molecule has 1 saturated heterocycles. The molecule has 9 heteroatoms. The molecule has 140 valence electrons. The number of aromatic nitrogens is 2. The molecular weight excluding hydrogens is 356 g/mol. The molecule has 2 aromatic heterocycles. The Morgan fingerprint density at radius 2 is 2.19 bits per heavy atom. The molecule has 3 rings (SSSR count). The first-order chi connectivity index (χ1) is 12.6. The van der Waals surface area contributed by atoms with Crippen LogP contribution in [0.1, 0.15) is 27.2 Å². The van der Waals surface area contributed by atoms with Crippen LogP contribution in [0.25, 0.3) is 0 Å². The summed E-state index contributed by atoms with van der Waals surface area (Å²) < 4.78 is 10.4. The highest BCUT2D eigenvalue weighted by atomic mass is 32.1. The smallest absolute Gasteiger partial charge is 0.263 e. The second-order valence-electron chi connectivity index (χ2n) is 5.84. The van der Waals surface area contributed by atoms with Gasteiger partial charge in [-0.05, 0) is 13.0 Å². The molecule has 3 heterocycles. The van der Waals surface area contributed by atoms with E-state index in [0.29, 0.717) is 35.4 Å². The van der Waals surface area contributed by atoms with E-state index in [1.165, 1.54) is 18.4 Å². The first-order valence-electron chi connectivity index (χ1n) is 8.36. The Morgan fingerprint density at radius 1 is 1.42 bits per heavy atom. The van der Waals surface area contributed by atoms with Crippen molar-refractivity contribution in [3.63, 3.8) is 0 Å². The number of hydrogen-bond acceptors (Lipinski definition) is 8. The summed E-state index contributed by atoms with van der Waals surface area (Å²) >= 11 is 1.36. The van der Waals surface area contributed by atoms with E-state index in [0.717, 1.165) is 18.2 Å². The van der Waals surface area contributed by atoms with Gasteiger partial charge in [0.05, 0.1) is 31.7 Å². The molecule has 1 aliphatic heterocycles. The fraction of sp³-hybridized carbons (Fsp3) is 0.471. The zero-order valence-electron chi connectivity index (χ0n) is 14.8. The molecule has 1 fully saturated rings. The number of methoxy groups -OCH3 is 1. The standard InChI is InChI=1S/C17H22N4O4S/c1-11-15(26-17(19-11)21-6-8-25-9-7-21)16(23)18-10-13(22)12-4-3-5-14(20-12)24-2/h3-5,13,22H,6-10H2,1-2H3,(H,18,23). The highest BCUT2D eigenvalue weighted by Crippen LogP contribution is 2.26. The van der Waals surface area contributed by atoms with Crippen molar-refractivity contribution in [3.8, 4) is 5.88 Å². The summed E-state index contributed by atoms with van der Waals surface area (Å²) in [5.41, 5.74) is 1.13. The number of carbonyl (C=O) groups excluding carboxylic acids is 1. The van der Waals surface area contributed by atoms with Crippen molar-refractivity contribution >= 4 is 22.4 Å². The SMILES string of the molecule is COc1cccc(C(O)CNC(=O)c2sc(N3CCOCC3)nc2C)n1. The molecule has 0 saturated carbocycles. The zero-order chi connectivity index (χ0) is 18.5. The van der Waals surface area contributed by atoms with Crippen LogP contribution in [0.2, 0.25) is 0 Å². The predicted octanol–water partition coefficient (Wildman–Crippen LogP) is 1.16. The van der Waals surface area contributed by atoms with Crippen LogP contribution in [-0.2, 0) is 4.74 Å². The summed E-state index contributed by atoms with van der Waals surface area (Å²) in [5, 5.41) is 13.8. The van der Waals surface area contributed by atoms with Gasteiger partial charge in [-0.1, -0.05) is 17.4 Å². The second kappa shape index (κ2) is 8.43. The number of nitrogens with zero attached hydrogens (tertiary/aromatic N) is 3. The summed E-state index contributed by atoms with van der Waals surface area (Å²) in [5.74, 6) is 0.169. The minimum atomic E-state index is -0.916. The Balaban J connectivity index is 1.61. The number of hydrogen-bond donors (Lipinski definition) is 2. The Labute approximate surface area is 155 Å². The van der Waals surface area contributed by atoms with Gasteiger partial charge in [0.1, 0.15) is 11.0 Å². The van der Waals surface area contributed by atoms with E-state index < -0.39 is 6.10 Å². The fourth-order valence-corrected chi connectivity index (χ4v) is 3.62. The van der Waals surface area contributed by atoms with Gasteiger partial charge in [-0.25, -0.2) is 9.97 Å². The second-order valence-corrected chi connectivity index (χ2v) is 6.82. The van der Waals surface area contributed by atoms with Crippen LogP contribution in [-0.4, -0.2) is 60.9 Å². The van der Waals surface area contributed by atoms with Gasteiger partial charge in [-0.2, -0.15) is 0 Å². The number of ether oxygens (including phenoxy) is 2. The van der Waals surface area contributed by atoms with Crippen molar-refractivity contribution in [3.05, 3.63) is 34.5 Å². The lowest BCUT2D eigenvalue weighted by Crippen LogP contribution is -2.36. The summed E-state index contributed by atoms with van der Waals surface area (Å²) in [6.07, 6.45) is -0.916. The van der Waals surface area contributed by atoms with Crippen molar-refractivity contribution in [1.29, 1.82) is 0 Å². The minimum Gasteiger partial charge on any atom is -0.481 e. The van der Waals surface area contributed by atoms with Crippen LogP contribution < -0.4 is 15.0 Å². The van der Waals surface area contributed by atoms with Crippen LogP contribution in [0.3, 0.4) is 0 Å². The number of rotatable bonds is 6. The van der Waals surface area contributed by atoms with Gasteiger partial charge in [-0.3, -0.25) is 4.79 Å². The average Bonchev–Trinajstić information content (AvgIpc) is 3.08. The molecule has 2 N–H and O–H groups in total. The Morgan fingerprint density at radius 3 is 2.92 bits per heavy atom. The van der Waals surface area contributed by atoms with E-state index in [9.17, 15) is 9.90 Å². The largest absolute Gasteiger partial charge is 0.481 e. The van der Waals surface area contributed by atoms with E-state index in [2.05, 4.69) is 20.2 Å². The van der Waals surface area contributed by atoms with E-state index in [-0.39, 0.29) is 12.5 Å². The lowest BCUT2D eigenvalue weighted by atomic mass is 10.2. The summed E-state index contributed by atoms with van der Waals surface area (Å²) in [6, 6.07) is 5.13. The lowest BCUT2D eigenvalue weighted by Gasteiger charge is -2.25. The number of aliphatic hydroxyl groups excluding tert-OH is 1. The molecule has 0 aliphatic carbocycles. The Hall–Kier alpha value is -2.23. The third kappa shape index (κ3) is 4.29. The molecule has 26 heavy (non-hydrogen) atoms. The van der Waals surface area contributed by atoms with Crippen molar-refractivity contribution in [2.24, 2.45) is 0 Å². The highest BCUT2D eigenvalue weighted by Gasteiger charge is 2.21. The minimum absolute atomic E-state index is 0.0588. The number of anilines is 1. The van der Waals surface area contributed by atoms with Crippen molar-refractivity contribution in [2.45, 2.75) is 13.0 Å². The average molecular weight is 378 g/mol. The number of thiazole rings is 1. The molecular formula is C17H22N4O4S. The van der Waals surface area contributed by atoms with Crippen LogP contribution >= 0.6 is 11.3 Å². The molecule has 0 bridgehead atoms. The van der Waals surface area contributed by atoms with Gasteiger partial charge in [0, 0.05) is 25.7 Å². The molecule has 1 aliphatic rings. The van der Waals surface area contributed by atoms with Gasteiger partial charge >= 0.3 is 0 Å². The predicted molar refractivity (Wildman–Crippen MR) is 98.0 cm³/mol. The number of aliphatic hydroxyl groups is 1. The van der Waals surface area contributed by atoms with E-state index >= 15 is 0 Å². The molecule has 1 amide bonds. The number of nitrogens with one attached hydrogen (secondary N) is 1. The third-order valence-corrected chi connectivity index (χ3v) is 5.24. The van der Waals surface area contributed by atoms with Gasteiger partial charge < -0.3 is 24.8 Å². The molecule has 2 aromatic rings. The normalized spacial score (nSPS) is 15.6. The summed E-state index contributed by atoms with van der Waals surface area (Å²) in [7, 11) is 1.51. The molecule has 1 unspecified atom stereocenters. The number of pyridine rings is 1. The van der Waals surface area contributed by atoms with Gasteiger partial charge in [0.25, 0.3) is 5.91 Å². The van der Waals surface area contributed by atoms with Crippen molar-refractivity contribution < 1.29 is 19.4 Å². The molecule has 1 atom stereocenters. The number of aryl methyl sites for hydroxylation is 1. The quantitative estimate of drug-likeness (QED) is 0.778. The summed E-state index contributed by atoms with van der Waals surface area (Å²) in [6.45, 7) is 4.75. The maximum absolute atomic E-state index is 12.5.